The number of hydrogen-bond acceptors (Lipinski definition) is 6. The lowest BCUT2D eigenvalue weighted by molar-refractivity contribution is -0.130. The predicted octanol–water partition coefficient (Wildman–Crippen LogP) is 4.49. The quantitative estimate of drug-likeness (QED) is 0.320. The number of amides is 1. The lowest BCUT2D eigenvalue weighted by atomic mass is 10.1. The highest BCUT2D eigenvalue weighted by atomic mass is 79.9. The smallest absolute Gasteiger partial charge is 0.363 e. The fourth-order valence-electron chi connectivity index (χ4n) is 3.50. The second-order valence-electron chi connectivity index (χ2n) is 7.17. The van der Waals surface area contributed by atoms with E-state index in [2.05, 4.69) is 27.5 Å². The fourth-order valence-corrected chi connectivity index (χ4v) is 4.08. The van der Waals surface area contributed by atoms with E-state index in [0.29, 0.717) is 40.1 Å². The minimum Gasteiger partial charge on any atom is -0.493 e. The average molecular weight is 497 g/mol. The number of esters is 1. The molecular weight excluding hydrogens is 476 g/mol. The van der Waals surface area contributed by atoms with Gasteiger partial charge in [-0.2, -0.15) is 0 Å². The van der Waals surface area contributed by atoms with Crippen molar-refractivity contribution in [3.63, 3.8) is 0 Å². The molecule has 4 rings (SSSR count). The molecule has 2 aromatic rings. The van der Waals surface area contributed by atoms with Crippen molar-refractivity contribution in [1.82, 2.24) is 0 Å². The molecule has 2 heterocycles. The Morgan fingerprint density at radius 2 is 2.03 bits per heavy atom. The van der Waals surface area contributed by atoms with Crippen LogP contribution in [-0.2, 0) is 14.3 Å². The Morgan fingerprint density at radius 1 is 1.25 bits per heavy atom. The van der Waals surface area contributed by atoms with Gasteiger partial charge in [0.05, 0.1) is 11.6 Å². The van der Waals surface area contributed by atoms with E-state index in [1.165, 1.54) is 0 Å². The lowest BCUT2D eigenvalue weighted by Gasteiger charge is -2.15. The van der Waals surface area contributed by atoms with Gasteiger partial charge in [-0.25, -0.2) is 9.79 Å². The van der Waals surface area contributed by atoms with Gasteiger partial charge in [0.2, 0.25) is 11.8 Å². The first-order valence-electron chi connectivity index (χ1n) is 10.0. The summed E-state index contributed by atoms with van der Waals surface area (Å²) in [6.45, 7) is 4.69. The summed E-state index contributed by atoms with van der Waals surface area (Å²) in [6, 6.07) is 10.8. The highest BCUT2D eigenvalue weighted by Gasteiger charge is 2.26. The van der Waals surface area contributed by atoms with Gasteiger partial charge < -0.3 is 19.1 Å². The Labute approximate surface area is 194 Å². The normalized spacial score (nSPS) is 16.9. The largest absolute Gasteiger partial charge is 0.493 e. The van der Waals surface area contributed by atoms with Gasteiger partial charge in [-0.1, -0.05) is 12.7 Å². The van der Waals surface area contributed by atoms with Gasteiger partial charge in [0, 0.05) is 24.2 Å². The summed E-state index contributed by atoms with van der Waals surface area (Å²) in [5.41, 5.74) is 2.35. The SMILES string of the molecule is C=CCOc1c(Br)cc(/C=C2/N=C(c3ccc(N4CCCC4=O)cc3)OC2=O)cc1OC. The van der Waals surface area contributed by atoms with Crippen molar-refractivity contribution in [3.05, 3.63) is 70.3 Å². The van der Waals surface area contributed by atoms with E-state index in [-0.39, 0.29) is 17.5 Å². The van der Waals surface area contributed by atoms with Crippen LogP contribution in [0.2, 0.25) is 0 Å². The molecule has 2 aliphatic heterocycles. The van der Waals surface area contributed by atoms with Gasteiger partial charge in [-0.15, -0.1) is 0 Å². The van der Waals surface area contributed by atoms with Crippen molar-refractivity contribution in [3.8, 4) is 11.5 Å². The maximum Gasteiger partial charge on any atom is 0.363 e. The number of ether oxygens (including phenoxy) is 3. The van der Waals surface area contributed by atoms with Gasteiger partial charge in [0.15, 0.2) is 17.2 Å². The second-order valence-corrected chi connectivity index (χ2v) is 8.02. The zero-order valence-electron chi connectivity index (χ0n) is 17.5. The number of rotatable bonds is 7. The van der Waals surface area contributed by atoms with Crippen molar-refractivity contribution < 1.29 is 23.8 Å². The van der Waals surface area contributed by atoms with Crippen LogP contribution in [0.25, 0.3) is 6.08 Å². The summed E-state index contributed by atoms with van der Waals surface area (Å²) in [7, 11) is 1.54. The number of hydrogen-bond donors (Lipinski definition) is 0. The van der Waals surface area contributed by atoms with Gasteiger partial charge in [-0.05, 0) is 70.4 Å². The fraction of sp³-hybridized carbons (Fsp3) is 0.208. The van der Waals surface area contributed by atoms with Gasteiger partial charge in [0.1, 0.15) is 6.61 Å². The third-order valence-corrected chi connectivity index (χ3v) is 5.61. The van der Waals surface area contributed by atoms with Gasteiger partial charge in [0.25, 0.3) is 0 Å². The molecule has 1 saturated heterocycles. The Hall–Kier alpha value is -3.39. The summed E-state index contributed by atoms with van der Waals surface area (Å²) in [6.07, 6.45) is 4.70. The molecule has 0 radical (unpaired) electrons. The monoisotopic (exact) mass is 496 g/mol. The number of cyclic esters (lactones) is 1. The molecule has 0 N–H and O–H groups in total. The number of carbonyl (C=O) groups excluding carboxylic acids is 2. The minimum absolute atomic E-state index is 0.120. The molecule has 0 aromatic heterocycles. The molecule has 2 aromatic carbocycles. The minimum atomic E-state index is -0.541. The van der Waals surface area contributed by atoms with Gasteiger partial charge in [-0.3, -0.25) is 4.79 Å². The van der Waals surface area contributed by atoms with Crippen molar-refractivity contribution >= 4 is 45.5 Å². The predicted molar refractivity (Wildman–Crippen MR) is 125 cm³/mol. The van der Waals surface area contributed by atoms with Crippen LogP contribution >= 0.6 is 15.9 Å². The second kappa shape index (κ2) is 9.40. The third-order valence-electron chi connectivity index (χ3n) is 5.02. The number of anilines is 1. The molecule has 8 heteroatoms. The molecule has 2 aliphatic rings. The molecular formula is C24H21BrN2O5. The van der Waals surface area contributed by atoms with Crippen LogP contribution in [-0.4, -0.2) is 38.0 Å². The average Bonchev–Trinajstić information content (AvgIpc) is 3.38. The summed E-state index contributed by atoms with van der Waals surface area (Å²) in [5.74, 6) is 0.855. The number of halogens is 1. The first-order chi connectivity index (χ1) is 15.5. The molecule has 0 unspecified atom stereocenters. The molecule has 1 fully saturated rings. The van der Waals surface area contributed by atoms with Crippen LogP contribution in [0.4, 0.5) is 5.69 Å². The zero-order valence-corrected chi connectivity index (χ0v) is 19.1. The van der Waals surface area contributed by atoms with E-state index in [9.17, 15) is 9.59 Å². The highest BCUT2D eigenvalue weighted by molar-refractivity contribution is 9.10. The third kappa shape index (κ3) is 4.45. The standard InChI is InChI=1S/C24H21BrN2O5/c1-3-11-31-22-18(25)12-15(14-20(22)30-2)13-19-24(29)32-23(26-19)16-6-8-17(9-7-16)27-10-4-5-21(27)28/h3,6-9,12-14H,1,4-5,10-11H2,2H3/b19-13+. The molecule has 32 heavy (non-hydrogen) atoms. The van der Waals surface area contributed by atoms with Crippen LogP contribution in [0.5, 0.6) is 11.5 Å². The molecule has 164 valence electrons. The Bertz CT molecular complexity index is 1140. The number of methoxy groups -OCH3 is 1. The van der Waals surface area contributed by atoms with E-state index in [1.54, 1.807) is 48.4 Å². The summed E-state index contributed by atoms with van der Waals surface area (Å²) in [5, 5.41) is 0. The first-order valence-corrected chi connectivity index (χ1v) is 10.8. The van der Waals surface area contributed by atoms with Crippen LogP contribution in [0, 0.1) is 0 Å². The number of nitrogens with zero attached hydrogens (tertiary/aromatic N) is 2. The Kier molecular flexibility index (Phi) is 6.41. The van der Waals surface area contributed by atoms with E-state index in [4.69, 9.17) is 14.2 Å². The molecule has 0 bridgehead atoms. The Morgan fingerprint density at radius 3 is 2.69 bits per heavy atom. The molecule has 1 amide bonds. The topological polar surface area (TPSA) is 77.4 Å². The van der Waals surface area contributed by atoms with Crippen molar-refractivity contribution in [2.24, 2.45) is 4.99 Å². The molecule has 0 spiro atoms. The number of aliphatic imine (C=N–C) groups is 1. The zero-order chi connectivity index (χ0) is 22.7. The van der Waals surface area contributed by atoms with Crippen molar-refractivity contribution in [2.45, 2.75) is 12.8 Å². The van der Waals surface area contributed by atoms with E-state index >= 15 is 0 Å². The van der Waals surface area contributed by atoms with Crippen LogP contribution in [0.1, 0.15) is 24.0 Å². The highest BCUT2D eigenvalue weighted by Crippen LogP contribution is 2.37. The van der Waals surface area contributed by atoms with Gasteiger partial charge >= 0.3 is 5.97 Å². The van der Waals surface area contributed by atoms with Crippen LogP contribution in [0.3, 0.4) is 0 Å². The lowest BCUT2D eigenvalue weighted by Crippen LogP contribution is -2.23. The van der Waals surface area contributed by atoms with Crippen molar-refractivity contribution in [1.29, 1.82) is 0 Å². The number of benzene rings is 2. The molecule has 0 aliphatic carbocycles. The number of carbonyl (C=O) groups is 2. The van der Waals surface area contributed by atoms with E-state index in [0.717, 1.165) is 18.7 Å². The van der Waals surface area contributed by atoms with Crippen LogP contribution in [0.15, 0.2) is 64.2 Å². The maximum absolute atomic E-state index is 12.4. The summed E-state index contributed by atoms with van der Waals surface area (Å²) < 4.78 is 17.1. The molecule has 7 nitrogen and oxygen atoms in total. The first kappa shape index (κ1) is 21.8. The van der Waals surface area contributed by atoms with Crippen LogP contribution < -0.4 is 14.4 Å². The van der Waals surface area contributed by atoms with E-state index in [1.807, 2.05) is 12.1 Å². The van der Waals surface area contributed by atoms with E-state index < -0.39 is 5.97 Å². The summed E-state index contributed by atoms with van der Waals surface area (Å²) >= 11 is 3.47. The summed E-state index contributed by atoms with van der Waals surface area (Å²) in [4.78, 5) is 30.4. The maximum atomic E-state index is 12.4. The Balaban J connectivity index is 1.58. The molecule has 0 atom stereocenters. The molecule has 0 saturated carbocycles. The van der Waals surface area contributed by atoms with Crippen molar-refractivity contribution in [2.75, 3.05) is 25.2 Å².